The van der Waals surface area contributed by atoms with Crippen molar-refractivity contribution in [3.63, 3.8) is 0 Å². The Morgan fingerprint density at radius 2 is 1.58 bits per heavy atom. The number of rotatable bonds is 7. The Balaban J connectivity index is 1.41. The first kappa shape index (κ1) is 20.5. The molecule has 0 fully saturated rings. The van der Waals surface area contributed by atoms with Crippen molar-refractivity contribution in [2.45, 2.75) is 13.8 Å². The minimum absolute atomic E-state index is 0.225. The molecule has 0 spiro atoms. The Morgan fingerprint density at radius 1 is 0.968 bits per heavy atom. The second-order valence-electron chi connectivity index (χ2n) is 6.49. The Hall–Kier alpha value is -3.78. The second kappa shape index (κ2) is 9.36. The monoisotopic (exact) mass is 432 g/mol. The van der Waals surface area contributed by atoms with E-state index in [4.69, 9.17) is 9.47 Å². The fourth-order valence-corrected chi connectivity index (χ4v) is 3.72. The summed E-state index contributed by atoms with van der Waals surface area (Å²) < 4.78 is 11.3. The Kier molecular flexibility index (Phi) is 6.18. The minimum Gasteiger partial charge on any atom is -0.494 e. The highest BCUT2D eigenvalue weighted by Gasteiger charge is 2.17. The molecule has 7 nitrogen and oxygen atoms in total. The predicted octanol–water partition coefficient (Wildman–Crippen LogP) is 5.35. The van der Waals surface area contributed by atoms with Crippen molar-refractivity contribution in [1.29, 1.82) is 0 Å². The van der Waals surface area contributed by atoms with Crippen LogP contribution in [0.15, 0.2) is 67.0 Å². The molecule has 1 N–H and O–H groups in total. The fourth-order valence-electron chi connectivity index (χ4n) is 2.81. The van der Waals surface area contributed by atoms with E-state index in [0.717, 1.165) is 5.75 Å². The van der Waals surface area contributed by atoms with Gasteiger partial charge in [-0.1, -0.05) is 0 Å². The van der Waals surface area contributed by atoms with Crippen molar-refractivity contribution in [3.8, 4) is 28.1 Å². The Labute approximate surface area is 183 Å². The molecule has 0 atom stereocenters. The average Bonchev–Trinajstić information content (AvgIpc) is 3.19. The third kappa shape index (κ3) is 5.04. The van der Waals surface area contributed by atoms with Gasteiger partial charge in [0.05, 0.1) is 12.3 Å². The predicted molar refractivity (Wildman–Crippen MR) is 120 cm³/mol. The molecule has 4 aromatic rings. The number of ether oxygens (including phenoxy) is 2. The number of benzene rings is 2. The van der Waals surface area contributed by atoms with E-state index in [9.17, 15) is 4.79 Å². The molecule has 2 aromatic carbocycles. The molecule has 0 unspecified atom stereocenters. The van der Waals surface area contributed by atoms with Gasteiger partial charge in [-0.25, -0.2) is 15.0 Å². The summed E-state index contributed by atoms with van der Waals surface area (Å²) in [5.74, 6) is 2.45. The summed E-state index contributed by atoms with van der Waals surface area (Å²) in [5.41, 5.74) is 1.30. The molecular formula is C23H20N4O3S. The van der Waals surface area contributed by atoms with Crippen LogP contribution in [-0.4, -0.2) is 27.5 Å². The lowest BCUT2D eigenvalue weighted by Crippen LogP contribution is -2.11. The highest BCUT2D eigenvalue weighted by atomic mass is 32.1. The van der Waals surface area contributed by atoms with E-state index in [-0.39, 0.29) is 5.91 Å². The molecule has 0 aliphatic heterocycles. The largest absolute Gasteiger partial charge is 0.494 e. The number of carbonyl (C=O) groups excluding carboxylic acids is 1. The zero-order valence-electron chi connectivity index (χ0n) is 17.0. The number of hydrogen-bond acceptors (Lipinski definition) is 7. The van der Waals surface area contributed by atoms with Crippen molar-refractivity contribution in [3.05, 3.63) is 77.6 Å². The number of aromatic nitrogens is 3. The van der Waals surface area contributed by atoms with Gasteiger partial charge < -0.3 is 14.8 Å². The van der Waals surface area contributed by atoms with Crippen molar-refractivity contribution in [2.24, 2.45) is 0 Å². The molecule has 0 aliphatic rings. The number of hydrogen-bond donors (Lipinski definition) is 1. The van der Waals surface area contributed by atoms with Crippen LogP contribution in [0.25, 0.3) is 10.8 Å². The molecule has 2 aromatic heterocycles. The van der Waals surface area contributed by atoms with Gasteiger partial charge >= 0.3 is 0 Å². The normalized spacial score (nSPS) is 10.5. The molecule has 31 heavy (non-hydrogen) atoms. The third-order valence-electron chi connectivity index (χ3n) is 4.24. The highest BCUT2D eigenvalue weighted by Crippen LogP contribution is 2.28. The van der Waals surface area contributed by atoms with E-state index in [2.05, 4.69) is 20.3 Å². The summed E-state index contributed by atoms with van der Waals surface area (Å²) >= 11 is 1.27. The molecule has 2 heterocycles. The summed E-state index contributed by atoms with van der Waals surface area (Å²) in [5, 5.41) is 3.51. The van der Waals surface area contributed by atoms with E-state index < -0.39 is 0 Å². The summed E-state index contributed by atoms with van der Waals surface area (Å²) in [6.07, 6.45) is 3.30. The van der Waals surface area contributed by atoms with Crippen molar-refractivity contribution >= 4 is 22.9 Å². The molecule has 4 rings (SSSR count). The van der Waals surface area contributed by atoms with Gasteiger partial charge in [0.1, 0.15) is 22.1 Å². The van der Waals surface area contributed by atoms with Crippen LogP contribution in [0.3, 0.4) is 0 Å². The quantitative estimate of drug-likeness (QED) is 0.424. The van der Waals surface area contributed by atoms with Crippen molar-refractivity contribution in [2.75, 3.05) is 11.9 Å². The van der Waals surface area contributed by atoms with Crippen molar-refractivity contribution < 1.29 is 14.3 Å². The lowest BCUT2D eigenvalue weighted by atomic mass is 10.2. The van der Waals surface area contributed by atoms with E-state index in [1.54, 1.807) is 49.6 Å². The first-order valence-corrected chi connectivity index (χ1v) is 10.5. The zero-order valence-corrected chi connectivity index (χ0v) is 17.8. The zero-order chi connectivity index (χ0) is 21.6. The maximum atomic E-state index is 12.7. The van der Waals surface area contributed by atoms with Gasteiger partial charge in [-0.3, -0.25) is 4.79 Å². The van der Waals surface area contributed by atoms with Crippen LogP contribution in [0.1, 0.15) is 22.3 Å². The van der Waals surface area contributed by atoms with Crippen LogP contribution in [0.5, 0.6) is 17.2 Å². The van der Waals surface area contributed by atoms with Gasteiger partial charge in [-0.2, -0.15) is 0 Å². The van der Waals surface area contributed by atoms with E-state index in [1.165, 1.54) is 11.3 Å². The first-order chi connectivity index (χ1) is 15.1. The van der Waals surface area contributed by atoms with Crippen LogP contribution in [0.4, 0.5) is 5.69 Å². The van der Waals surface area contributed by atoms with E-state index in [0.29, 0.717) is 45.2 Å². The maximum Gasteiger partial charge on any atom is 0.267 e. The van der Waals surface area contributed by atoms with Crippen LogP contribution < -0.4 is 14.8 Å². The highest BCUT2D eigenvalue weighted by molar-refractivity contribution is 7.17. The molecule has 1 amide bonds. The number of amides is 1. The molecule has 156 valence electrons. The van der Waals surface area contributed by atoms with Gasteiger partial charge in [0.2, 0.25) is 0 Å². The number of carbonyl (C=O) groups is 1. The molecule has 0 saturated carbocycles. The topological polar surface area (TPSA) is 86.2 Å². The molecule has 0 saturated heterocycles. The lowest BCUT2D eigenvalue weighted by Gasteiger charge is -2.09. The maximum absolute atomic E-state index is 12.7. The Morgan fingerprint density at radius 3 is 2.23 bits per heavy atom. The summed E-state index contributed by atoms with van der Waals surface area (Å²) in [4.78, 5) is 26.0. The number of nitrogens with one attached hydrogen (secondary N) is 1. The summed E-state index contributed by atoms with van der Waals surface area (Å²) in [7, 11) is 0. The van der Waals surface area contributed by atoms with Crippen molar-refractivity contribution in [1.82, 2.24) is 15.0 Å². The van der Waals surface area contributed by atoms with Gasteiger partial charge in [-0.15, -0.1) is 11.3 Å². The SMILES string of the molecule is CCOc1ccc(Oc2ccc(NC(=O)c3sc(-c4ncccn4)nc3C)cc2)cc1. The van der Waals surface area contributed by atoms with Gasteiger partial charge in [0.25, 0.3) is 5.91 Å². The van der Waals surface area contributed by atoms with Crippen LogP contribution in [0.2, 0.25) is 0 Å². The van der Waals surface area contributed by atoms with E-state index in [1.807, 2.05) is 31.2 Å². The molecule has 8 heteroatoms. The number of thiazole rings is 1. The number of aryl methyl sites for hydroxylation is 1. The lowest BCUT2D eigenvalue weighted by molar-refractivity contribution is 0.103. The smallest absolute Gasteiger partial charge is 0.267 e. The summed E-state index contributed by atoms with van der Waals surface area (Å²) in [6.45, 7) is 4.36. The standard InChI is InChI=1S/C23H20N4O3S/c1-3-29-17-9-11-19(12-10-17)30-18-7-5-16(6-8-18)27-22(28)20-15(2)26-23(31-20)21-24-13-4-14-25-21/h4-14H,3H2,1-2H3,(H,27,28). The van der Waals surface area contributed by atoms with Crippen LogP contribution in [-0.2, 0) is 0 Å². The van der Waals surface area contributed by atoms with Gasteiger partial charge in [-0.05, 0) is 68.4 Å². The minimum atomic E-state index is -0.225. The fraction of sp³-hybridized carbons (Fsp3) is 0.130. The summed E-state index contributed by atoms with van der Waals surface area (Å²) in [6, 6.07) is 16.3. The molecule has 0 bridgehead atoms. The van der Waals surface area contributed by atoms with E-state index >= 15 is 0 Å². The molecular weight excluding hydrogens is 412 g/mol. The van der Waals surface area contributed by atoms with Crippen LogP contribution >= 0.6 is 11.3 Å². The van der Waals surface area contributed by atoms with Gasteiger partial charge in [0.15, 0.2) is 10.8 Å². The first-order valence-electron chi connectivity index (χ1n) is 9.69. The number of nitrogens with zero attached hydrogens (tertiary/aromatic N) is 3. The number of anilines is 1. The third-order valence-corrected chi connectivity index (χ3v) is 5.39. The molecule has 0 radical (unpaired) electrons. The molecule has 0 aliphatic carbocycles. The Bertz CT molecular complexity index is 1160. The van der Waals surface area contributed by atoms with Gasteiger partial charge in [0, 0.05) is 18.1 Å². The van der Waals surface area contributed by atoms with Crippen LogP contribution in [0, 0.1) is 6.92 Å². The average molecular weight is 433 g/mol. The second-order valence-corrected chi connectivity index (χ2v) is 7.49.